The lowest BCUT2D eigenvalue weighted by Crippen LogP contribution is -2.47. The third-order valence-electron chi connectivity index (χ3n) is 6.56. The summed E-state index contributed by atoms with van der Waals surface area (Å²) in [5, 5.41) is 3.49. The number of hydrogen-bond donors (Lipinski definition) is 1. The van der Waals surface area contributed by atoms with Gasteiger partial charge in [0, 0.05) is 35.3 Å². The molecule has 6 nitrogen and oxygen atoms in total. The average molecular weight is 485 g/mol. The van der Waals surface area contributed by atoms with Crippen molar-refractivity contribution in [2.75, 3.05) is 34.0 Å². The zero-order chi connectivity index (χ0) is 25.4. The number of nitrogens with one attached hydrogen (secondary N) is 1. The van der Waals surface area contributed by atoms with E-state index in [1.165, 1.54) is 17.5 Å². The molecule has 1 N–H and O–H groups in total. The van der Waals surface area contributed by atoms with E-state index in [-0.39, 0.29) is 0 Å². The summed E-state index contributed by atoms with van der Waals surface area (Å²) in [6.45, 7) is 13.7. The van der Waals surface area contributed by atoms with E-state index in [0.29, 0.717) is 24.2 Å². The molecular weight excluding hydrogens is 440 g/mol. The fourth-order valence-electron chi connectivity index (χ4n) is 5.03. The van der Waals surface area contributed by atoms with Crippen LogP contribution < -0.4 is 24.3 Å². The first-order valence-electron chi connectivity index (χ1n) is 13.0. The second kappa shape index (κ2) is 13.0. The quantitative estimate of drug-likeness (QED) is 0.562. The Labute approximate surface area is 211 Å². The number of nitrogens with zero attached hydrogens (tertiary/aromatic N) is 1. The lowest BCUT2D eigenvalue weighted by atomic mass is 9.99. The molecule has 0 spiro atoms. The van der Waals surface area contributed by atoms with Gasteiger partial charge in [-0.25, -0.2) is 0 Å². The molecule has 0 radical (unpaired) electrons. The van der Waals surface area contributed by atoms with Crippen LogP contribution in [-0.4, -0.2) is 63.0 Å². The first-order chi connectivity index (χ1) is 16.9. The van der Waals surface area contributed by atoms with Crippen molar-refractivity contribution >= 4 is 0 Å². The van der Waals surface area contributed by atoms with Gasteiger partial charge in [0.05, 0.1) is 14.2 Å². The van der Waals surface area contributed by atoms with Gasteiger partial charge in [-0.15, -0.1) is 0 Å². The first-order valence-corrected chi connectivity index (χ1v) is 13.0. The second-order valence-corrected chi connectivity index (χ2v) is 9.91. The van der Waals surface area contributed by atoms with Gasteiger partial charge in [0.15, 0.2) is 0 Å². The molecular formula is C29H44N2O4. The van der Waals surface area contributed by atoms with E-state index in [1.54, 1.807) is 14.2 Å². The van der Waals surface area contributed by atoms with E-state index in [4.69, 9.17) is 18.9 Å². The highest BCUT2D eigenvalue weighted by Crippen LogP contribution is 2.34. The number of ether oxygens (including phenoxy) is 4. The highest BCUT2D eigenvalue weighted by Gasteiger charge is 2.28. The van der Waals surface area contributed by atoms with Gasteiger partial charge in [0.25, 0.3) is 0 Å². The normalized spacial score (nSPS) is 18.7. The Kier molecular flexibility index (Phi) is 10.1. The second-order valence-electron chi connectivity index (χ2n) is 9.91. The molecule has 2 heterocycles. The lowest BCUT2D eigenvalue weighted by molar-refractivity contribution is 0.0915. The summed E-state index contributed by atoms with van der Waals surface area (Å²) in [6.07, 6.45) is 3.16. The van der Waals surface area contributed by atoms with Crippen LogP contribution in [0.4, 0.5) is 0 Å². The van der Waals surface area contributed by atoms with Crippen LogP contribution in [0.1, 0.15) is 52.2 Å². The molecule has 4 rings (SSSR count). The third kappa shape index (κ3) is 7.05. The molecule has 0 aliphatic carbocycles. The highest BCUT2D eigenvalue weighted by atomic mass is 16.5. The molecule has 0 unspecified atom stereocenters. The van der Waals surface area contributed by atoms with E-state index in [9.17, 15) is 0 Å². The van der Waals surface area contributed by atoms with E-state index >= 15 is 0 Å². The molecule has 2 atom stereocenters. The minimum Gasteiger partial charge on any atom is -0.496 e. The molecule has 0 saturated carbocycles. The van der Waals surface area contributed by atoms with Crippen molar-refractivity contribution < 1.29 is 18.9 Å². The average Bonchev–Trinajstić information content (AvgIpc) is 2.86. The molecule has 35 heavy (non-hydrogen) atoms. The van der Waals surface area contributed by atoms with Crippen LogP contribution in [0.2, 0.25) is 0 Å². The topological polar surface area (TPSA) is 52.2 Å². The standard InChI is InChI=1S/C16H25NO2.C13H19NO2/c1-5-9-17(12(2)3)13-10-14-15(18-4)7-6-8-16(14)19-11-13;1-9(2)14-10-7-11-12(15-3)5-4-6-13(11)16-8-10/h6-8,12-13H,5,9-11H2,1-4H3;4-6,9-10,14H,7-8H2,1-3H3/t13-;10-/m11/s1. The molecule has 0 amide bonds. The Morgan fingerprint density at radius 1 is 0.886 bits per heavy atom. The monoisotopic (exact) mass is 484 g/mol. The maximum absolute atomic E-state index is 5.93. The summed E-state index contributed by atoms with van der Waals surface area (Å²) in [5.74, 6) is 3.81. The van der Waals surface area contributed by atoms with Crippen molar-refractivity contribution in [1.29, 1.82) is 0 Å². The molecule has 2 aromatic carbocycles. The molecule has 2 aromatic rings. The van der Waals surface area contributed by atoms with Crippen LogP contribution in [0.25, 0.3) is 0 Å². The van der Waals surface area contributed by atoms with Crippen LogP contribution >= 0.6 is 0 Å². The summed E-state index contributed by atoms with van der Waals surface area (Å²) < 4.78 is 22.5. The molecule has 0 bridgehead atoms. The summed E-state index contributed by atoms with van der Waals surface area (Å²) in [6, 6.07) is 13.8. The summed E-state index contributed by atoms with van der Waals surface area (Å²) in [5.41, 5.74) is 2.39. The third-order valence-corrected chi connectivity index (χ3v) is 6.56. The maximum Gasteiger partial charge on any atom is 0.126 e. The predicted octanol–water partition coefficient (Wildman–Crippen LogP) is 5.12. The van der Waals surface area contributed by atoms with Gasteiger partial charge in [-0.1, -0.05) is 32.9 Å². The zero-order valence-electron chi connectivity index (χ0n) is 22.6. The van der Waals surface area contributed by atoms with E-state index in [2.05, 4.69) is 44.8 Å². The zero-order valence-corrected chi connectivity index (χ0v) is 22.6. The molecule has 0 aromatic heterocycles. The Bertz CT molecular complexity index is 902. The summed E-state index contributed by atoms with van der Waals surface area (Å²) in [7, 11) is 3.43. The van der Waals surface area contributed by atoms with Gasteiger partial charge < -0.3 is 24.3 Å². The minimum atomic E-state index is 0.379. The highest BCUT2D eigenvalue weighted by molar-refractivity contribution is 5.47. The number of benzene rings is 2. The van der Waals surface area contributed by atoms with Gasteiger partial charge in [0.1, 0.15) is 36.2 Å². The van der Waals surface area contributed by atoms with Crippen molar-refractivity contribution in [2.45, 2.75) is 78.0 Å². The molecule has 194 valence electrons. The molecule has 2 aliphatic rings. The molecule has 6 heteroatoms. The van der Waals surface area contributed by atoms with Gasteiger partial charge in [0.2, 0.25) is 0 Å². The molecule has 0 fully saturated rings. The maximum atomic E-state index is 5.93. The van der Waals surface area contributed by atoms with E-state index < -0.39 is 0 Å². The molecule has 2 aliphatic heterocycles. The Balaban J connectivity index is 0.000000198. The number of rotatable bonds is 8. The van der Waals surface area contributed by atoms with Crippen LogP contribution in [-0.2, 0) is 12.8 Å². The summed E-state index contributed by atoms with van der Waals surface area (Å²) in [4.78, 5) is 2.54. The van der Waals surface area contributed by atoms with E-state index in [0.717, 1.165) is 55.6 Å². The van der Waals surface area contributed by atoms with Crippen molar-refractivity contribution in [2.24, 2.45) is 0 Å². The van der Waals surface area contributed by atoms with Crippen molar-refractivity contribution in [3.63, 3.8) is 0 Å². The lowest BCUT2D eigenvalue weighted by Gasteiger charge is -2.37. The number of fused-ring (bicyclic) bond motifs is 2. The Hall–Kier alpha value is -2.44. The first kappa shape index (κ1) is 27.2. The number of hydrogen-bond acceptors (Lipinski definition) is 6. The smallest absolute Gasteiger partial charge is 0.126 e. The van der Waals surface area contributed by atoms with Crippen LogP contribution in [0.3, 0.4) is 0 Å². The van der Waals surface area contributed by atoms with Crippen molar-refractivity contribution in [1.82, 2.24) is 10.2 Å². The SMILES string of the molecule is CCCN(C(C)C)[C@H]1COc2cccc(OC)c2C1.COc1cccc2c1C[C@@H](NC(C)C)CO2. The van der Waals surface area contributed by atoms with Gasteiger partial charge in [-0.05, 0) is 63.9 Å². The van der Waals surface area contributed by atoms with Gasteiger partial charge >= 0.3 is 0 Å². The van der Waals surface area contributed by atoms with E-state index in [1.807, 2.05) is 36.4 Å². The largest absolute Gasteiger partial charge is 0.496 e. The summed E-state index contributed by atoms with van der Waals surface area (Å²) >= 11 is 0. The number of methoxy groups -OCH3 is 2. The Morgan fingerprint density at radius 3 is 1.97 bits per heavy atom. The predicted molar refractivity (Wildman–Crippen MR) is 142 cm³/mol. The van der Waals surface area contributed by atoms with Crippen molar-refractivity contribution in [3.05, 3.63) is 47.5 Å². The van der Waals surface area contributed by atoms with Crippen molar-refractivity contribution in [3.8, 4) is 23.0 Å². The van der Waals surface area contributed by atoms with Gasteiger partial charge in [-0.3, -0.25) is 4.90 Å². The minimum absolute atomic E-state index is 0.379. The van der Waals surface area contributed by atoms with Crippen LogP contribution in [0.15, 0.2) is 36.4 Å². The fourth-order valence-corrected chi connectivity index (χ4v) is 5.03. The Morgan fingerprint density at radius 2 is 1.46 bits per heavy atom. The van der Waals surface area contributed by atoms with Crippen LogP contribution in [0.5, 0.6) is 23.0 Å². The fraction of sp³-hybridized carbons (Fsp3) is 0.586. The molecule has 0 saturated heterocycles. The van der Waals surface area contributed by atoms with Gasteiger partial charge in [-0.2, -0.15) is 0 Å². The van der Waals surface area contributed by atoms with Crippen LogP contribution in [0, 0.1) is 0 Å².